The molecule has 3 aromatic rings. The first-order valence-corrected chi connectivity index (χ1v) is 7.48. The Bertz CT molecular complexity index is 798. The number of hydrogen-bond acceptors (Lipinski definition) is 0. The van der Waals surface area contributed by atoms with Gasteiger partial charge in [0.05, 0.1) is 11.2 Å². The van der Waals surface area contributed by atoms with E-state index in [1.54, 1.807) is 0 Å². The van der Waals surface area contributed by atoms with Gasteiger partial charge in [-0.25, -0.2) is 0 Å². The molecule has 94 valence electrons. The summed E-state index contributed by atoms with van der Waals surface area (Å²) in [7, 11) is 0. The standard InChI is InChI=1S/C17H14BrN/c1-2-12-14-8-5-9-15(18)17(14)19-10-11-6-3-4-7-13(11)16(12)19/h3-9H,2,10H2,1H3. The van der Waals surface area contributed by atoms with Gasteiger partial charge in [-0.1, -0.05) is 43.3 Å². The van der Waals surface area contributed by atoms with E-state index in [0.717, 1.165) is 13.0 Å². The van der Waals surface area contributed by atoms with E-state index in [4.69, 9.17) is 0 Å². The zero-order valence-electron chi connectivity index (χ0n) is 10.8. The molecule has 0 spiro atoms. The Kier molecular flexibility index (Phi) is 2.36. The highest BCUT2D eigenvalue weighted by Crippen LogP contribution is 2.43. The van der Waals surface area contributed by atoms with E-state index in [2.05, 4.69) is 69.9 Å². The van der Waals surface area contributed by atoms with Gasteiger partial charge >= 0.3 is 0 Å². The normalized spacial score (nSPS) is 12.7. The number of aryl methyl sites for hydroxylation is 1. The lowest BCUT2D eigenvalue weighted by atomic mass is 10.0. The SMILES string of the molecule is CCc1c2n(c3c(Br)cccc13)Cc1ccccc1-2. The van der Waals surface area contributed by atoms with E-state index >= 15 is 0 Å². The number of aromatic nitrogens is 1. The minimum atomic E-state index is 0.991. The van der Waals surface area contributed by atoms with Gasteiger partial charge in [-0.05, 0) is 39.5 Å². The van der Waals surface area contributed by atoms with Crippen molar-refractivity contribution in [1.82, 2.24) is 4.57 Å². The van der Waals surface area contributed by atoms with Crippen LogP contribution in [0.1, 0.15) is 18.1 Å². The molecule has 19 heavy (non-hydrogen) atoms. The van der Waals surface area contributed by atoms with Crippen molar-refractivity contribution in [3.05, 3.63) is 58.1 Å². The molecule has 4 rings (SSSR count). The summed E-state index contributed by atoms with van der Waals surface area (Å²) < 4.78 is 3.65. The van der Waals surface area contributed by atoms with Crippen molar-refractivity contribution in [2.75, 3.05) is 0 Å². The van der Waals surface area contributed by atoms with Crippen LogP contribution in [0.25, 0.3) is 22.2 Å². The maximum Gasteiger partial charge on any atom is 0.0635 e. The molecule has 2 heteroatoms. The van der Waals surface area contributed by atoms with Crippen LogP contribution < -0.4 is 0 Å². The highest BCUT2D eigenvalue weighted by atomic mass is 79.9. The van der Waals surface area contributed by atoms with Crippen molar-refractivity contribution in [2.45, 2.75) is 19.9 Å². The van der Waals surface area contributed by atoms with Gasteiger partial charge in [0.2, 0.25) is 0 Å². The summed E-state index contributed by atoms with van der Waals surface area (Å²) in [5.74, 6) is 0. The lowest BCUT2D eigenvalue weighted by Gasteiger charge is -2.02. The third kappa shape index (κ3) is 1.41. The highest BCUT2D eigenvalue weighted by Gasteiger charge is 2.25. The number of fused-ring (bicyclic) bond motifs is 5. The van der Waals surface area contributed by atoms with Crippen LogP contribution in [0.15, 0.2) is 46.9 Å². The van der Waals surface area contributed by atoms with E-state index in [-0.39, 0.29) is 0 Å². The first-order valence-electron chi connectivity index (χ1n) is 6.69. The molecular weight excluding hydrogens is 298 g/mol. The zero-order chi connectivity index (χ0) is 13.0. The van der Waals surface area contributed by atoms with Crippen molar-refractivity contribution < 1.29 is 0 Å². The number of para-hydroxylation sites is 1. The van der Waals surface area contributed by atoms with Crippen LogP contribution in [-0.4, -0.2) is 4.57 Å². The molecule has 1 nitrogen and oxygen atoms in total. The Labute approximate surface area is 121 Å². The first kappa shape index (κ1) is 11.3. The third-order valence-corrected chi connectivity index (χ3v) is 4.73. The van der Waals surface area contributed by atoms with Crippen LogP contribution >= 0.6 is 15.9 Å². The van der Waals surface area contributed by atoms with E-state index < -0.39 is 0 Å². The Balaban J connectivity index is 2.18. The van der Waals surface area contributed by atoms with Crippen LogP contribution in [-0.2, 0) is 13.0 Å². The maximum atomic E-state index is 3.72. The van der Waals surface area contributed by atoms with E-state index in [0.29, 0.717) is 0 Å². The average Bonchev–Trinajstić information content (AvgIpc) is 2.93. The topological polar surface area (TPSA) is 4.93 Å². The van der Waals surface area contributed by atoms with Gasteiger partial charge in [0.15, 0.2) is 0 Å². The lowest BCUT2D eigenvalue weighted by molar-refractivity contribution is 0.881. The second-order valence-corrected chi connectivity index (χ2v) is 5.91. The fourth-order valence-electron chi connectivity index (χ4n) is 3.32. The highest BCUT2D eigenvalue weighted by molar-refractivity contribution is 9.10. The van der Waals surface area contributed by atoms with Crippen molar-refractivity contribution in [3.63, 3.8) is 0 Å². The van der Waals surface area contributed by atoms with Crippen LogP contribution in [0.2, 0.25) is 0 Å². The fraction of sp³-hybridized carbons (Fsp3) is 0.176. The molecule has 2 aromatic carbocycles. The molecule has 0 saturated carbocycles. The van der Waals surface area contributed by atoms with Crippen molar-refractivity contribution in [2.24, 2.45) is 0 Å². The Morgan fingerprint density at radius 1 is 1.11 bits per heavy atom. The minimum Gasteiger partial charge on any atom is -0.335 e. The maximum absolute atomic E-state index is 3.72. The molecule has 1 aromatic heterocycles. The predicted octanol–water partition coefficient (Wildman–Crippen LogP) is 4.99. The van der Waals surface area contributed by atoms with Crippen LogP contribution in [0.5, 0.6) is 0 Å². The van der Waals surface area contributed by atoms with Gasteiger partial charge in [-0.15, -0.1) is 0 Å². The summed E-state index contributed by atoms with van der Waals surface area (Å²) in [6.07, 6.45) is 1.07. The van der Waals surface area contributed by atoms with Crippen molar-refractivity contribution >= 4 is 26.8 Å². The number of rotatable bonds is 1. The van der Waals surface area contributed by atoms with E-state index in [9.17, 15) is 0 Å². The number of hydrogen-bond donors (Lipinski definition) is 0. The molecule has 0 aliphatic carbocycles. The van der Waals surface area contributed by atoms with Crippen LogP contribution in [0.3, 0.4) is 0 Å². The largest absolute Gasteiger partial charge is 0.335 e. The Morgan fingerprint density at radius 2 is 1.95 bits per heavy atom. The first-order chi connectivity index (χ1) is 9.31. The molecule has 1 aliphatic heterocycles. The average molecular weight is 312 g/mol. The smallest absolute Gasteiger partial charge is 0.0635 e. The lowest BCUT2D eigenvalue weighted by Crippen LogP contribution is -1.92. The number of benzene rings is 2. The Hall–Kier alpha value is -1.54. The molecule has 0 fully saturated rings. The summed E-state index contributed by atoms with van der Waals surface area (Å²) in [6.45, 7) is 3.24. The third-order valence-electron chi connectivity index (χ3n) is 4.09. The summed E-state index contributed by atoms with van der Waals surface area (Å²) in [5, 5.41) is 1.39. The van der Waals surface area contributed by atoms with Crippen molar-refractivity contribution in [1.29, 1.82) is 0 Å². The molecule has 0 amide bonds. The van der Waals surface area contributed by atoms with E-state index in [1.807, 2.05) is 0 Å². The van der Waals surface area contributed by atoms with Gasteiger partial charge in [0.1, 0.15) is 0 Å². The molecule has 0 N–H and O–H groups in total. The molecular formula is C17H14BrN. The molecule has 0 atom stereocenters. The van der Waals surface area contributed by atoms with Gasteiger partial charge in [-0.2, -0.15) is 0 Å². The molecule has 0 radical (unpaired) electrons. The second kappa shape index (κ2) is 3.97. The zero-order valence-corrected chi connectivity index (χ0v) is 12.4. The minimum absolute atomic E-state index is 0.991. The quantitative estimate of drug-likeness (QED) is 0.466. The summed E-state index contributed by atoms with van der Waals surface area (Å²) in [4.78, 5) is 0. The van der Waals surface area contributed by atoms with Crippen LogP contribution in [0, 0.1) is 0 Å². The molecule has 0 saturated heterocycles. The number of halogens is 1. The van der Waals surface area contributed by atoms with Crippen LogP contribution in [0.4, 0.5) is 0 Å². The summed E-state index contributed by atoms with van der Waals surface area (Å²) >= 11 is 3.72. The molecule has 1 aliphatic rings. The number of nitrogens with zero attached hydrogens (tertiary/aromatic N) is 1. The fourth-order valence-corrected chi connectivity index (χ4v) is 3.90. The van der Waals surface area contributed by atoms with Gasteiger partial charge < -0.3 is 4.57 Å². The monoisotopic (exact) mass is 311 g/mol. The van der Waals surface area contributed by atoms with Gasteiger partial charge in [0, 0.05) is 22.0 Å². The molecule has 0 bridgehead atoms. The predicted molar refractivity (Wildman–Crippen MR) is 83.6 cm³/mol. The summed E-state index contributed by atoms with van der Waals surface area (Å²) in [6, 6.07) is 15.3. The van der Waals surface area contributed by atoms with Gasteiger partial charge in [-0.3, -0.25) is 0 Å². The Morgan fingerprint density at radius 3 is 2.79 bits per heavy atom. The second-order valence-electron chi connectivity index (χ2n) is 5.06. The molecule has 0 unspecified atom stereocenters. The van der Waals surface area contributed by atoms with E-state index in [1.165, 1.54) is 37.8 Å². The summed E-state index contributed by atoms with van der Waals surface area (Å²) in [5.41, 5.74) is 7.07. The van der Waals surface area contributed by atoms with Crippen molar-refractivity contribution in [3.8, 4) is 11.3 Å². The van der Waals surface area contributed by atoms with Gasteiger partial charge in [0.25, 0.3) is 0 Å². The molecule has 2 heterocycles.